The Morgan fingerprint density at radius 3 is 2.06 bits per heavy atom. The van der Waals surface area contributed by atoms with E-state index < -0.39 is 26.0 Å². The van der Waals surface area contributed by atoms with E-state index in [1.165, 1.54) is 11.4 Å². The quantitative estimate of drug-likeness (QED) is 0.592. The molecule has 0 aromatic heterocycles. The van der Waals surface area contributed by atoms with Gasteiger partial charge in [0.2, 0.25) is 26.0 Å². The highest BCUT2D eigenvalue weighted by molar-refractivity contribution is 7.89. The minimum Gasteiger partial charge on any atom is -0.351 e. The van der Waals surface area contributed by atoms with Crippen LogP contribution in [-0.4, -0.2) is 58.0 Å². The average molecular weight is 508 g/mol. The van der Waals surface area contributed by atoms with Crippen LogP contribution in [0.5, 0.6) is 0 Å². The van der Waals surface area contributed by atoms with E-state index in [1.807, 2.05) is 19.1 Å². The lowest BCUT2D eigenvalue weighted by atomic mass is 10.1. The summed E-state index contributed by atoms with van der Waals surface area (Å²) in [5.74, 6) is -0.446. The molecular weight excluding hydrogens is 474 g/mol. The van der Waals surface area contributed by atoms with Gasteiger partial charge in [-0.1, -0.05) is 36.2 Å². The van der Waals surface area contributed by atoms with Gasteiger partial charge in [0.15, 0.2) is 0 Å². The summed E-state index contributed by atoms with van der Waals surface area (Å²) in [6.07, 6.45) is 2.79. The second-order valence-electron chi connectivity index (χ2n) is 8.87. The van der Waals surface area contributed by atoms with E-state index in [9.17, 15) is 21.6 Å². The zero-order valence-corrected chi connectivity index (χ0v) is 21.8. The zero-order chi connectivity index (χ0) is 25.1. The molecule has 34 heavy (non-hydrogen) atoms. The Balaban J connectivity index is 1.60. The first-order valence-corrected chi connectivity index (χ1v) is 14.2. The fraction of sp³-hybridized carbons (Fsp3) is 0.458. The third-order valence-electron chi connectivity index (χ3n) is 6.01. The fourth-order valence-corrected chi connectivity index (χ4v) is 7.35. The first-order chi connectivity index (χ1) is 15.9. The normalized spacial score (nSPS) is 15.4. The summed E-state index contributed by atoms with van der Waals surface area (Å²) in [7, 11) is -5.95. The van der Waals surface area contributed by atoms with Gasteiger partial charge in [-0.25, -0.2) is 16.8 Å². The molecule has 0 saturated carbocycles. The monoisotopic (exact) mass is 507 g/mol. The molecule has 0 bridgehead atoms. The Kier molecular flexibility index (Phi) is 8.18. The van der Waals surface area contributed by atoms with Crippen molar-refractivity contribution >= 4 is 26.0 Å². The number of hydrogen-bond acceptors (Lipinski definition) is 5. The molecule has 0 unspecified atom stereocenters. The largest absolute Gasteiger partial charge is 0.351 e. The van der Waals surface area contributed by atoms with E-state index in [2.05, 4.69) is 5.32 Å². The van der Waals surface area contributed by atoms with Gasteiger partial charge in [-0.2, -0.15) is 8.61 Å². The van der Waals surface area contributed by atoms with E-state index in [-0.39, 0.29) is 22.9 Å². The Bertz CT molecular complexity index is 1230. The fourth-order valence-electron chi connectivity index (χ4n) is 4.31. The molecule has 1 aliphatic heterocycles. The molecule has 2 aromatic carbocycles. The van der Waals surface area contributed by atoms with E-state index >= 15 is 0 Å². The van der Waals surface area contributed by atoms with Crippen molar-refractivity contribution in [3.8, 4) is 0 Å². The van der Waals surface area contributed by atoms with Gasteiger partial charge in [0.05, 0.1) is 16.3 Å². The average Bonchev–Trinajstić information content (AvgIpc) is 2.77. The van der Waals surface area contributed by atoms with Crippen LogP contribution in [0.3, 0.4) is 0 Å². The first-order valence-electron chi connectivity index (χ1n) is 11.3. The molecule has 0 aliphatic carbocycles. The number of aryl methyl sites for hydroxylation is 3. The van der Waals surface area contributed by atoms with Crippen LogP contribution >= 0.6 is 0 Å². The number of carbonyl (C=O) groups excluding carboxylic acids is 1. The maximum Gasteiger partial charge on any atom is 0.243 e. The SMILES string of the molecule is Cc1cc(C)c(S(=O)(=O)N(C)CC(=O)NCc2ccc(S(=O)(=O)N3CCCCC3)cc2)c(C)c1. The van der Waals surface area contributed by atoms with Gasteiger partial charge < -0.3 is 5.32 Å². The first kappa shape index (κ1) is 26.3. The van der Waals surface area contributed by atoms with Crippen molar-refractivity contribution in [3.63, 3.8) is 0 Å². The molecule has 0 radical (unpaired) electrons. The third-order valence-corrected chi connectivity index (χ3v) is 10.0. The van der Waals surface area contributed by atoms with E-state index in [0.717, 1.165) is 34.7 Å². The molecule has 1 aliphatic rings. The molecule has 2 aromatic rings. The highest BCUT2D eigenvalue weighted by atomic mass is 32.2. The summed E-state index contributed by atoms with van der Waals surface area (Å²) in [4.78, 5) is 12.9. The van der Waals surface area contributed by atoms with Gasteiger partial charge >= 0.3 is 0 Å². The molecule has 1 amide bonds. The summed E-state index contributed by atoms with van der Waals surface area (Å²) in [5, 5.41) is 2.71. The number of benzene rings is 2. The van der Waals surface area contributed by atoms with Crippen LogP contribution < -0.4 is 5.32 Å². The second-order valence-corrected chi connectivity index (χ2v) is 12.8. The predicted octanol–water partition coefficient (Wildman–Crippen LogP) is 2.72. The Morgan fingerprint density at radius 2 is 1.50 bits per heavy atom. The van der Waals surface area contributed by atoms with Gasteiger partial charge in [0.1, 0.15) is 0 Å². The van der Waals surface area contributed by atoms with Gasteiger partial charge in [-0.3, -0.25) is 4.79 Å². The number of carbonyl (C=O) groups is 1. The Morgan fingerprint density at radius 1 is 0.941 bits per heavy atom. The maximum atomic E-state index is 13.0. The van der Waals surface area contributed by atoms with Crippen molar-refractivity contribution < 1.29 is 21.6 Å². The van der Waals surface area contributed by atoms with Crippen LogP contribution in [0.25, 0.3) is 0 Å². The lowest BCUT2D eigenvalue weighted by Gasteiger charge is -2.25. The van der Waals surface area contributed by atoms with Crippen molar-refractivity contribution in [2.24, 2.45) is 0 Å². The van der Waals surface area contributed by atoms with Crippen LogP contribution in [-0.2, 0) is 31.4 Å². The number of rotatable bonds is 8. The van der Waals surface area contributed by atoms with Crippen LogP contribution in [0.2, 0.25) is 0 Å². The van der Waals surface area contributed by atoms with Gasteiger partial charge in [0, 0.05) is 26.7 Å². The smallest absolute Gasteiger partial charge is 0.243 e. The Labute approximate surface area is 203 Å². The lowest BCUT2D eigenvalue weighted by molar-refractivity contribution is -0.121. The number of nitrogens with zero attached hydrogens (tertiary/aromatic N) is 2. The Hall–Kier alpha value is -2.27. The van der Waals surface area contributed by atoms with Gasteiger partial charge in [0.25, 0.3) is 0 Å². The third kappa shape index (κ3) is 5.86. The maximum absolute atomic E-state index is 13.0. The number of sulfonamides is 2. The molecule has 1 saturated heterocycles. The highest BCUT2D eigenvalue weighted by Crippen LogP contribution is 2.24. The molecular formula is C24H33N3O5S2. The summed E-state index contributed by atoms with van der Waals surface area (Å²) in [5.41, 5.74) is 2.99. The van der Waals surface area contributed by atoms with Crippen molar-refractivity contribution in [2.75, 3.05) is 26.7 Å². The highest BCUT2D eigenvalue weighted by Gasteiger charge is 2.27. The molecule has 3 rings (SSSR count). The molecule has 8 nitrogen and oxygen atoms in total. The lowest BCUT2D eigenvalue weighted by Crippen LogP contribution is -2.38. The van der Waals surface area contributed by atoms with Crippen LogP contribution in [0, 0.1) is 20.8 Å². The molecule has 1 heterocycles. The molecule has 1 fully saturated rings. The van der Waals surface area contributed by atoms with Gasteiger partial charge in [-0.15, -0.1) is 0 Å². The van der Waals surface area contributed by atoms with Crippen LogP contribution in [0.4, 0.5) is 0 Å². The summed E-state index contributed by atoms with van der Waals surface area (Å²) < 4.78 is 54.2. The number of piperidine rings is 1. The summed E-state index contributed by atoms with van der Waals surface area (Å²) in [6, 6.07) is 10.0. The van der Waals surface area contributed by atoms with E-state index in [0.29, 0.717) is 24.2 Å². The predicted molar refractivity (Wildman–Crippen MR) is 131 cm³/mol. The van der Waals surface area contributed by atoms with Crippen LogP contribution in [0.15, 0.2) is 46.2 Å². The van der Waals surface area contributed by atoms with Crippen molar-refractivity contribution in [3.05, 3.63) is 58.7 Å². The molecule has 0 atom stereocenters. The minimum atomic E-state index is -3.83. The number of nitrogens with one attached hydrogen (secondary N) is 1. The number of amides is 1. The molecule has 10 heteroatoms. The molecule has 1 N–H and O–H groups in total. The van der Waals surface area contributed by atoms with Crippen molar-refractivity contribution in [1.29, 1.82) is 0 Å². The topological polar surface area (TPSA) is 104 Å². The molecule has 186 valence electrons. The second kappa shape index (κ2) is 10.6. The number of likely N-dealkylation sites (N-methyl/N-ethyl adjacent to an activating group) is 1. The van der Waals surface area contributed by atoms with Crippen LogP contribution in [0.1, 0.15) is 41.5 Å². The minimum absolute atomic E-state index is 0.166. The summed E-state index contributed by atoms with van der Waals surface area (Å²) in [6.45, 7) is 6.32. The van der Waals surface area contributed by atoms with E-state index in [1.54, 1.807) is 38.1 Å². The van der Waals surface area contributed by atoms with E-state index in [4.69, 9.17) is 0 Å². The standard InChI is InChI=1S/C24H33N3O5S2/c1-18-14-19(2)24(20(3)15-18)34(31,32)26(4)17-23(28)25-16-21-8-10-22(11-9-21)33(29,30)27-12-6-5-7-13-27/h8-11,14-15H,5-7,12-13,16-17H2,1-4H3,(H,25,28). The molecule has 0 spiro atoms. The number of hydrogen-bond donors (Lipinski definition) is 1. The van der Waals surface area contributed by atoms with Gasteiger partial charge in [-0.05, 0) is 62.4 Å². The summed E-state index contributed by atoms with van der Waals surface area (Å²) >= 11 is 0. The van der Waals surface area contributed by atoms with Crippen molar-refractivity contribution in [1.82, 2.24) is 13.9 Å². The van der Waals surface area contributed by atoms with Crippen molar-refractivity contribution in [2.45, 2.75) is 56.4 Å². The zero-order valence-electron chi connectivity index (χ0n) is 20.2.